The fourth-order valence-electron chi connectivity index (χ4n) is 2.87. The number of carbonyl (C=O) groups is 1. The van der Waals surface area contributed by atoms with Crippen LogP contribution >= 0.6 is 0 Å². The van der Waals surface area contributed by atoms with Crippen LogP contribution in [-0.2, 0) is 4.79 Å². The smallest absolute Gasteiger partial charge is 0.324 e. The Balaban J connectivity index is 2.33. The van der Waals surface area contributed by atoms with Gasteiger partial charge in [0.2, 0.25) is 0 Å². The van der Waals surface area contributed by atoms with Crippen LogP contribution in [0, 0.1) is 29.1 Å². The second-order valence-corrected chi connectivity index (χ2v) is 4.41. The number of hydrogen-bond donors (Lipinski definition) is 4. The number of nitriles is 1. The van der Waals surface area contributed by atoms with E-state index in [1.165, 1.54) is 6.08 Å². The first-order chi connectivity index (χ1) is 7.43. The summed E-state index contributed by atoms with van der Waals surface area (Å²) in [5.74, 6) is -2.48. The molecule has 0 aliphatic heterocycles. The minimum Gasteiger partial charge on any atom is -0.480 e. The molecule has 2 saturated carbocycles. The topological polar surface area (TPSA) is 128 Å². The minimum absolute atomic E-state index is 0.106. The highest BCUT2D eigenvalue weighted by Gasteiger charge is 2.71. The predicted molar refractivity (Wildman–Crippen MR) is 51.6 cm³/mol. The Labute approximate surface area is 91.6 Å². The van der Waals surface area contributed by atoms with Crippen LogP contribution in [0.15, 0.2) is 11.6 Å². The Kier molecular flexibility index (Phi) is 2.27. The van der Waals surface area contributed by atoms with Crippen molar-refractivity contribution in [1.29, 1.82) is 5.26 Å². The van der Waals surface area contributed by atoms with E-state index in [4.69, 9.17) is 26.3 Å². The number of rotatable bonds is 2. The Morgan fingerprint density at radius 1 is 1.69 bits per heavy atom. The fraction of sp³-hybridized carbons (Fsp3) is 0.600. The van der Waals surface area contributed by atoms with Crippen LogP contribution in [0.3, 0.4) is 0 Å². The summed E-state index contributed by atoms with van der Waals surface area (Å²) >= 11 is 0. The molecule has 2 aliphatic rings. The molecule has 0 saturated heterocycles. The molecule has 0 aromatic carbocycles. The summed E-state index contributed by atoms with van der Waals surface area (Å²) in [7, 11) is 0. The van der Waals surface area contributed by atoms with Crippen LogP contribution in [-0.4, -0.2) is 33.1 Å². The summed E-state index contributed by atoms with van der Waals surface area (Å²) in [4.78, 5) is 11.1. The first-order valence-electron chi connectivity index (χ1n) is 4.90. The molecule has 0 amide bonds. The van der Waals surface area contributed by atoms with E-state index < -0.39 is 29.6 Å². The number of aliphatic carboxylic acids is 1. The van der Waals surface area contributed by atoms with Gasteiger partial charge in [-0.25, -0.2) is 0 Å². The summed E-state index contributed by atoms with van der Waals surface area (Å²) in [6, 6.07) is 1.83. The average molecular weight is 224 g/mol. The van der Waals surface area contributed by atoms with Crippen molar-refractivity contribution in [3.05, 3.63) is 11.6 Å². The largest absolute Gasteiger partial charge is 0.480 e. The Morgan fingerprint density at radius 3 is 2.75 bits per heavy atom. The Bertz CT molecular complexity index is 412. The van der Waals surface area contributed by atoms with E-state index in [1.807, 2.05) is 6.07 Å². The molecule has 5 N–H and O–H groups in total. The molecule has 2 fully saturated rings. The van der Waals surface area contributed by atoms with Crippen LogP contribution in [0.25, 0.3) is 0 Å². The molecular formula is C10H12N2O4. The van der Waals surface area contributed by atoms with E-state index in [0.717, 1.165) is 0 Å². The van der Waals surface area contributed by atoms with Gasteiger partial charge in [-0.05, 0) is 12.3 Å². The molecule has 4 atom stereocenters. The van der Waals surface area contributed by atoms with Crippen molar-refractivity contribution in [2.75, 3.05) is 0 Å². The molecule has 86 valence electrons. The van der Waals surface area contributed by atoms with Gasteiger partial charge in [-0.15, -0.1) is 0 Å². The van der Waals surface area contributed by atoms with E-state index in [1.54, 1.807) is 0 Å². The van der Waals surface area contributed by atoms with Crippen LogP contribution in [0.2, 0.25) is 0 Å². The van der Waals surface area contributed by atoms with Gasteiger partial charge in [0.1, 0.15) is 5.54 Å². The van der Waals surface area contributed by atoms with E-state index >= 15 is 0 Å². The molecule has 6 nitrogen and oxygen atoms in total. The molecule has 2 rings (SSSR count). The maximum Gasteiger partial charge on any atom is 0.324 e. The molecule has 0 aromatic rings. The van der Waals surface area contributed by atoms with Crippen molar-refractivity contribution in [3.63, 3.8) is 0 Å². The highest BCUT2D eigenvalue weighted by molar-refractivity contribution is 5.82. The molecule has 0 aromatic heterocycles. The summed E-state index contributed by atoms with van der Waals surface area (Å²) in [5, 5.41) is 35.8. The highest BCUT2D eigenvalue weighted by Crippen LogP contribution is 2.64. The number of hydrogen-bond acceptors (Lipinski definition) is 5. The maximum absolute atomic E-state index is 11.1. The monoisotopic (exact) mass is 224 g/mol. The number of nitrogens with zero attached hydrogens (tertiary/aromatic N) is 1. The first-order valence-corrected chi connectivity index (χ1v) is 4.90. The standard InChI is InChI=1S/C10H12N2O4/c11-2-1-4-3-10(12,9(15)16)7-5(4)6(7)8(13)14/h1,5-8,13-14H,3,12H2,(H,15,16)/b4-1+. The Hall–Kier alpha value is -1.42. The summed E-state index contributed by atoms with van der Waals surface area (Å²) in [5.41, 5.74) is 4.90. The van der Waals surface area contributed by atoms with Crippen LogP contribution < -0.4 is 5.73 Å². The van der Waals surface area contributed by atoms with Gasteiger partial charge in [0, 0.05) is 17.9 Å². The minimum atomic E-state index is -1.58. The number of fused-ring (bicyclic) bond motifs is 1. The van der Waals surface area contributed by atoms with Crippen molar-refractivity contribution in [1.82, 2.24) is 0 Å². The van der Waals surface area contributed by atoms with Crippen molar-refractivity contribution in [2.45, 2.75) is 18.2 Å². The van der Waals surface area contributed by atoms with Gasteiger partial charge in [0.05, 0.1) is 6.07 Å². The zero-order valence-electron chi connectivity index (χ0n) is 8.37. The summed E-state index contributed by atoms with van der Waals surface area (Å²) in [6.07, 6.45) is -0.217. The maximum atomic E-state index is 11.1. The van der Waals surface area contributed by atoms with E-state index in [-0.39, 0.29) is 12.3 Å². The molecule has 0 heterocycles. The first kappa shape index (κ1) is 11.1. The van der Waals surface area contributed by atoms with Gasteiger partial charge in [-0.3, -0.25) is 4.79 Å². The third-order valence-corrected chi connectivity index (χ3v) is 3.59. The third-order valence-electron chi connectivity index (χ3n) is 3.59. The lowest BCUT2D eigenvalue weighted by Gasteiger charge is -2.23. The predicted octanol–water partition coefficient (Wildman–Crippen LogP) is -1.20. The second kappa shape index (κ2) is 3.28. The van der Waals surface area contributed by atoms with Gasteiger partial charge >= 0.3 is 5.97 Å². The highest BCUT2D eigenvalue weighted by atomic mass is 16.5. The van der Waals surface area contributed by atoms with Crippen LogP contribution in [0.4, 0.5) is 0 Å². The number of allylic oxidation sites excluding steroid dienone is 1. The summed E-state index contributed by atoms with van der Waals surface area (Å²) < 4.78 is 0. The third kappa shape index (κ3) is 1.26. The number of nitrogens with two attached hydrogens (primary N) is 1. The van der Waals surface area contributed by atoms with E-state index in [2.05, 4.69) is 0 Å². The number of aliphatic hydroxyl groups is 2. The molecule has 0 bridgehead atoms. The van der Waals surface area contributed by atoms with Gasteiger partial charge in [-0.2, -0.15) is 5.26 Å². The van der Waals surface area contributed by atoms with Gasteiger partial charge in [0.25, 0.3) is 0 Å². The summed E-state index contributed by atoms with van der Waals surface area (Å²) in [6.45, 7) is 0. The lowest BCUT2D eigenvalue weighted by Crippen LogP contribution is -2.49. The van der Waals surface area contributed by atoms with Crippen molar-refractivity contribution in [3.8, 4) is 6.07 Å². The van der Waals surface area contributed by atoms with Gasteiger partial charge in [-0.1, -0.05) is 5.57 Å². The number of carboxylic acids is 1. The quantitative estimate of drug-likeness (QED) is 0.344. The van der Waals surface area contributed by atoms with E-state index in [0.29, 0.717) is 5.57 Å². The molecule has 0 radical (unpaired) electrons. The SMILES string of the molecule is N#C/C=C1\CC(N)(C(=O)O)C2C1C2C(O)O. The fourth-order valence-corrected chi connectivity index (χ4v) is 2.87. The van der Waals surface area contributed by atoms with Crippen molar-refractivity contribution >= 4 is 5.97 Å². The second-order valence-electron chi connectivity index (χ2n) is 4.41. The Morgan fingerprint density at radius 2 is 2.31 bits per heavy atom. The normalized spacial score (nSPS) is 43.2. The molecule has 16 heavy (non-hydrogen) atoms. The number of carboxylic acid groups (broad SMARTS) is 1. The van der Waals surface area contributed by atoms with Crippen molar-refractivity contribution in [2.24, 2.45) is 23.5 Å². The van der Waals surface area contributed by atoms with E-state index in [9.17, 15) is 4.79 Å². The number of aliphatic hydroxyl groups excluding tert-OH is 1. The lowest BCUT2D eigenvalue weighted by atomic mass is 9.90. The van der Waals surface area contributed by atoms with Crippen LogP contribution in [0.5, 0.6) is 0 Å². The molecule has 2 aliphatic carbocycles. The van der Waals surface area contributed by atoms with Crippen LogP contribution in [0.1, 0.15) is 6.42 Å². The molecular weight excluding hydrogens is 212 g/mol. The molecule has 0 spiro atoms. The zero-order chi connectivity index (χ0) is 12.1. The molecule has 4 unspecified atom stereocenters. The average Bonchev–Trinajstić information content (AvgIpc) is 2.85. The molecule has 6 heteroatoms. The van der Waals surface area contributed by atoms with Crippen molar-refractivity contribution < 1.29 is 20.1 Å². The lowest BCUT2D eigenvalue weighted by molar-refractivity contribution is -0.144. The van der Waals surface area contributed by atoms with Gasteiger partial charge in [0.15, 0.2) is 6.29 Å². The zero-order valence-corrected chi connectivity index (χ0v) is 8.37. The van der Waals surface area contributed by atoms with Gasteiger partial charge < -0.3 is 21.1 Å².